The lowest BCUT2D eigenvalue weighted by molar-refractivity contribution is 0.311. The monoisotopic (exact) mass is 455 g/mol. The molecular formula is C22H25N5O2S2. The van der Waals surface area contributed by atoms with Crippen LogP contribution in [0, 0.1) is 0 Å². The number of hydrogen-bond donors (Lipinski definition) is 0. The largest absolute Gasteiger partial charge is 0.612 e. The normalized spacial score (nSPS) is 16.9. The molecule has 1 fully saturated rings. The van der Waals surface area contributed by atoms with Crippen LogP contribution in [0.25, 0.3) is 22.5 Å². The second-order valence-corrected chi connectivity index (χ2v) is 10.3. The third-order valence-electron chi connectivity index (χ3n) is 5.38. The first kappa shape index (κ1) is 22.0. The van der Waals surface area contributed by atoms with Crippen LogP contribution in [0.2, 0.25) is 0 Å². The molecule has 0 N–H and O–H groups in total. The van der Waals surface area contributed by atoms with Gasteiger partial charge < -0.3 is 18.9 Å². The quantitative estimate of drug-likeness (QED) is 0.546. The van der Waals surface area contributed by atoms with Crippen molar-refractivity contribution in [2.45, 2.75) is 9.79 Å². The molecule has 7 nitrogen and oxygen atoms in total. The van der Waals surface area contributed by atoms with Gasteiger partial charge in [-0.25, -0.2) is 4.98 Å². The van der Waals surface area contributed by atoms with Gasteiger partial charge >= 0.3 is 0 Å². The van der Waals surface area contributed by atoms with Gasteiger partial charge in [-0.3, -0.25) is 0 Å². The fourth-order valence-electron chi connectivity index (χ4n) is 3.46. The van der Waals surface area contributed by atoms with Gasteiger partial charge in [0, 0.05) is 37.3 Å². The molecule has 31 heavy (non-hydrogen) atoms. The van der Waals surface area contributed by atoms with Gasteiger partial charge in [-0.1, -0.05) is 0 Å². The topological polar surface area (TPSA) is 91.3 Å². The first-order valence-electron chi connectivity index (χ1n) is 9.98. The molecule has 1 aromatic heterocycles. The fourth-order valence-corrected chi connectivity index (χ4v) is 4.50. The van der Waals surface area contributed by atoms with Gasteiger partial charge in [-0.2, -0.15) is 0 Å². The van der Waals surface area contributed by atoms with Gasteiger partial charge in [0.1, 0.15) is 23.9 Å². The zero-order chi connectivity index (χ0) is 22.0. The summed E-state index contributed by atoms with van der Waals surface area (Å²) in [6.07, 6.45) is 3.32. The highest BCUT2D eigenvalue weighted by Gasteiger charge is 2.21. The van der Waals surface area contributed by atoms with Crippen molar-refractivity contribution in [1.82, 2.24) is 20.1 Å². The lowest BCUT2D eigenvalue weighted by Crippen LogP contribution is -2.45. The van der Waals surface area contributed by atoms with Crippen molar-refractivity contribution < 1.29 is 9.11 Å². The first-order chi connectivity index (χ1) is 14.9. The molecule has 2 aromatic carbocycles. The van der Waals surface area contributed by atoms with E-state index in [2.05, 4.69) is 27.0 Å². The van der Waals surface area contributed by atoms with Crippen molar-refractivity contribution in [3.63, 3.8) is 0 Å². The van der Waals surface area contributed by atoms with Crippen LogP contribution in [0.3, 0.4) is 0 Å². The summed E-state index contributed by atoms with van der Waals surface area (Å²) in [5.74, 6) is 0.612. The summed E-state index contributed by atoms with van der Waals surface area (Å²) in [6, 6.07) is 15.0. The third-order valence-corrected chi connectivity index (χ3v) is 7.25. The van der Waals surface area contributed by atoms with Crippen LogP contribution in [0.15, 0.2) is 58.3 Å². The Kier molecular flexibility index (Phi) is 6.78. The Morgan fingerprint density at radius 2 is 1.19 bits per heavy atom. The minimum atomic E-state index is -1.04. The van der Waals surface area contributed by atoms with Crippen LogP contribution in [0.5, 0.6) is 0 Å². The number of likely N-dealkylation sites (N-methyl/N-ethyl adjacent to an activating group) is 1. The van der Waals surface area contributed by atoms with Crippen LogP contribution >= 0.6 is 0 Å². The van der Waals surface area contributed by atoms with Crippen LogP contribution in [0.1, 0.15) is 0 Å². The predicted octanol–water partition coefficient (Wildman–Crippen LogP) is 2.43. The molecule has 1 aliphatic rings. The highest BCUT2D eigenvalue weighted by Crippen LogP contribution is 2.31. The maximum absolute atomic E-state index is 11.8. The van der Waals surface area contributed by atoms with Gasteiger partial charge in [-0.05, 0) is 77.9 Å². The average molecular weight is 456 g/mol. The van der Waals surface area contributed by atoms with Crippen molar-refractivity contribution in [2.24, 2.45) is 0 Å². The van der Waals surface area contributed by atoms with Gasteiger partial charge in [-0.15, -0.1) is 10.2 Å². The number of nitrogens with zero attached hydrogens (tertiary/aromatic N) is 5. The van der Waals surface area contributed by atoms with Crippen LogP contribution < -0.4 is 4.90 Å². The Balaban J connectivity index is 1.76. The van der Waals surface area contributed by atoms with Crippen molar-refractivity contribution in [2.75, 3.05) is 50.6 Å². The van der Waals surface area contributed by atoms with Crippen molar-refractivity contribution >= 4 is 28.3 Å². The Morgan fingerprint density at radius 1 is 0.710 bits per heavy atom. The number of piperazine rings is 1. The van der Waals surface area contributed by atoms with Crippen LogP contribution in [-0.4, -0.2) is 74.9 Å². The first-order valence-corrected chi connectivity index (χ1v) is 13.1. The second kappa shape index (κ2) is 9.54. The van der Waals surface area contributed by atoms with Gasteiger partial charge in [0.05, 0.1) is 0 Å². The average Bonchev–Trinajstić information content (AvgIpc) is 2.79. The van der Waals surface area contributed by atoms with E-state index in [0.29, 0.717) is 11.6 Å². The number of anilines is 1. The van der Waals surface area contributed by atoms with Crippen molar-refractivity contribution in [3.8, 4) is 22.5 Å². The van der Waals surface area contributed by atoms with E-state index in [0.717, 1.165) is 52.8 Å². The van der Waals surface area contributed by atoms with Gasteiger partial charge in [0.15, 0.2) is 9.79 Å². The Labute approximate surface area is 188 Å². The minimum Gasteiger partial charge on any atom is -0.612 e. The molecule has 4 rings (SSSR count). The van der Waals surface area contributed by atoms with E-state index in [1.807, 2.05) is 48.5 Å². The van der Waals surface area contributed by atoms with Crippen molar-refractivity contribution in [3.05, 3.63) is 48.5 Å². The van der Waals surface area contributed by atoms with Crippen LogP contribution in [-0.2, 0) is 22.4 Å². The molecule has 1 saturated heterocycles. The molecule has 0 spiro atoms. The lowest BCUT2D eigenvalue weighted by Gasteiger charge is -2.32. The number of hydrogen-bond acceptors (Lipinski definition) is 7. The maximum atomic E-state index is 11.8. The molecule has 2 unspecified atom stereocenters. The molecule has 3 aromatic rings. The van der Waals surface area contributed by atoms with E-state index in [4.69, 9.17) is 4.98 Å². The molecule has 2 atom stereocenters. The van der Waals surface area contributed by atoms with Crippen molar-refractivity contribution in [1.29, 1.82) is 0 Å². The molecule has 0 bridgehead atoms. The van der Waals surface area contributed by atoms with Gasteiger partial charge in [0.25, 0.3) is 0 Å². The van der Waals surface area contributed by atoms with Gasteiger partial charge in [0.2, 0.25) is 5.95 Å². The molecule has 0 saturated carbocycles. The van der Waals surface area contributed by atoms with E-state index >= 15 is 0 Å². The number of benzene rings is 2. The summed E-state index contributed by atoms with van der Waals surface area (Å²) in [5.41, 5.74) is 3.13. The molecule has 0 radical (unpaired) electrons. The van der Waals surface area contributed by atoms with Crippen LogP contribution in [0.4, 0.5) is 5.95 Å². The molecule has 1 aliphatic heterocycles. The Bertz CT molecular complexity index is 1020. The summed E-state index contributed by atoms with van der Waals surface area (Å²) in [6.45, 7) is 3.60. The molecule has 162 valence electrons. The number of aromatic nitrogens is 3. The van der Waals surface area contributed by atoms with E-state index in [1.54, 1.807) is 12.5 Å². The third kappa shape index (κ3) is 5.02. The molecule has 0 aliphatic carbocycles. The summed E-state index contributed by atoms with van der Waals surface area (Å²) < 4.78 is 23.5. The van der Waals surface area contributed by atoms with E-state index in [1.165, 1.54) is 0 Å². The zero-order valence-electron chi connectivity index (χ0n) is 17.8. The summed E-state index contributed by atoms with van der Waals surface area (Å²) in [4.78, 5) is 10.9. The maximum Gasteiger partial charge on any atom is 0.246 e. The Morgan fingerprint density at radius 3 is 1.68 bits per heavy atom. The Hall–Kier alpha value is -2.17. The minimum absolute atomic E-state index is 0.612. The fraction of sp³-hybridized carbons (Fsp3) is 0.318. The summed E-state index contributed by atoms with van der Waals surface area (Å²) in [7, 11) is 2.11. The molecule has 9 heteroatoms. The zero-order valence-corrected chi connectivity index (χ0v) is 19.4. The molecule has 0 amide bonds. The SMILES string of the molecule is CN1CCN(c2nnc(-c3ccc([S+](C)[O-])cc3)c(-c3ccc([S+](C)[O-])cc3)n2)CC1. The highest BCUT2D eigenvalue weighted by molar-refractivity contribution is 7.91. The standard InChI is InChI=1S/C22H25N5O2S2/c1-26-12-14-27(15-13-26)22-23-20(16-4-8-18(9-5-16)30(2)28)21(24-25-22)17-6-10-19(11-7-17)31(3)29/h4-11H,12-15H2,1-3H3. The number of rotatable bonds is 5. The van der Waals surface area contributed by atoms with E-state index < -0.39 is 22.4 Å². The summed E-state index contributed by atoms with van der Waals surface area (Å²) in [5, 5.41) is 8.98. The predicted molar refractivity (Wildman–Crippen MR) is 125 cm³/mol. The highest BCUT2D eigenvalue weighted by atomic mass is 32.2. The summed E-state index contributed by atoms with van der Waals surface area (Å²) >= 11 is -2.09. The lowest BCUT2D eigenvalue weighted by atomic mass is 10.0. The van der Waals surface area contributed by atoms with E-state index in [9.17, 15) is 9.11 Å². The van der Waals surface area contributed by atoms with E-state index in [-0.39, 0.29) is 0 Å². The second-order valence-electron chi connectivity index (χ2n) is 7.56. The molecular weight excluding hydrogens is 430 g/mol. The smallest absolute Gasteiger partial charge is 0.246 e. The molecule has 2 heterocycles.